The van der Waals surface area contributed by atoms with Gasteiger partial charge in [-0.1, -0.05) is 28.1 Å². The van der Waals surface area contributed by atoms with Crippen LogP contribution in [0.2, 0.25) is 0 Å². The fraction of sp³-hybridized carbons (Fsp3) is 0. The summed E-state index contributed by atoms with van der Waals surface area (Å²) in [4.78, 5) is 13.3. The Morgan fingerprint density at radius 2 is 2.00 bits per heavy atom. The molecule has 66 valence electrons. The first kappa shape index (κ1) is 8.65. The smallest absolute Gasteiger partial charge is 0.296 e. The van der Waals surface area contributed by atoms with Gasteiger partial charge in [0.2, 0.25) is 0 Å². The van der Waals surface area contributed by atoms with E-state index in [1.54, 1.807) is 0 Å². The van der Waals surface area contributed by atoms with Crippen LogP contribution in [0.5, 0.6) is 0 Å². The second-order valence-electron chi connectivity index (χ2n) is 2.45. The predicted octanol–water partition coefficient (Wildman–Crippen LogP) is 2.26. The molecule has 1 N–H and O–H groups in total. The SMILES string of the molecule is O=c1[nH]c(-c2ccc(Br)cc2)ns1. The zero-order valence-electron chi connectivity index (χ0n) is 6.45. The van der Waals surface area contributed by atoms with Gasteiger partial charge in [-0.2, -0.15) is 4.37 Å². The maximum Gasteiger partial charge on any atom is 0.323 e. The monoisotopic (exact) mass is 256 g/mol. The van der Waals surface area contributed by atoms with Gasteiger partial charge in [-0.05, 0) is 12.1 Å². The number of aromatic amines is 1. The number of nitrogens with one attached hydrogen (secondary N) is 1. The highest BCUT2D eigenvalue weighted by Crippen LogP contribution is 2.17. The molecule has 2 aromatic rings. The molecule has 3 nitrogen and oxygen atoms in total. The van der Waals surface area contributed by atoms with E-state index < -0.39 is 0 Å². The van der Waals surface area contributed by atoms with Crippen LogP contribution in [0.1, 0.15) is 0 Å². The van der Waals surface area contributed by atoms with Gasteiger partial charge in [0.25, 0.3) is 0 Å². The van der Waals surface area contributed by atoms with Crippen molar-refractivity contribution >= 4 is 27.5 Å². The van der Waals surface area contributed by atoms with Crippen molar-refractivity contribution in [2.75, 3.05) is 0 Å². The molecule has 1 aromatic heterocycles. The Labute approximate surface area is 86.7 Å². The molecule has 0 aliphatic rings. The molecule has 0 radical (unpaired) electrons. The van der Waals surface area contributed by atoms with E-state index in [2.05, 4.69) is 25.3 Å². The lowest BCUT2D eigenvalue weighted by Crippen LogP contribution is -1.92. The molecule has 0 aliphatic heterocycles. The summed E-state index contributed by atoms with van der Waals surface area (Å²) in [5, 5.41) is 0. The van der Waals surface area contributed by atoms with Crippen molar-refractivity contribution in [3.63, 3.8) is 0 Å². The fourth-order valence-corrected chi connectivity index (χ4v) is 1.69. The maximum atomic E-state index is 10.8. The summed E-state index contributed by atoms with van der Waals surface area (Å²) in [7, 11) is 0. The second kappa shape index (κ2) is 3.43. The number of aromatic nitrogens is 2. The number of H-pyrrole nitrogens is 1. The minimum Gasteiger partial charge on any atom is -0.296 e. The number of nitrogens with zero attached hydrogens (tertiary/aromatic N) is 1. The zero-order valence-corrected chi connectivity index (χ0v) is 8.85. The van der Waals surface area contributed by atoms with Gasteiger partial charge in [-0.25, -0.2) is 0 Å². The molecule has 1 heterocycles. The van der Waals surface area contributed by atoms with Crippen molar-refractivity contribution in [2.45, 2.75) is 0 Å². The van der Waals surface area contributed by atoms with Crippen LogP contribution < -0.4 is 4.87 Å². The van der Waals surface area contributed by atoms with Crippen molar-refractivity contribution in [2.24, 2.45) is 0 Å². The van der Waals surface area contributed by atoms with Crippen LogP contribution >= 0.6 is 27.5 Å². The molecule has 13 heavy (non-hydrogen) atoms. The maximum absolute atomic E-state index is 10.8. The Kier molecular flexibility index (Phi) is 2.28. The molecule has 0 saturated heterocycles. The Morgan fingerprint density at radius 1 is 1.31 bits per heavy atom. The van der Waals surface area contributed by atoms with Crippen molar-refractivity contribution in [1.29, 1.82) is 0 Å². The van der Waals surface area contributed by atoms with Crippen molar-refractivity contribution in [3.05, 3.63) is 38.4 Å². The van der Waals surface area contributed by atoms with Gasteiger partial charge in [0.05, 0.1) is 0 Å². The zero-order chi connectivity index (χ0) is 9.26. The topological polar surface area (TPSA) is 45.8 Å². The van der Waals surface area contributed by atoms with E-state index in [0.29, 0.717) is 5.82 Å². The third kappa shape index (κ3) is 1.87. The molecule has 0 unspecified atom stereocenters. The van der Waals surface area contributed by atoms with Gasteiger partial charge < -0.3 is 0 Å². The van der Waals surface area contributed by atoms with Gasteiger partial charge in [-0.15, -0.1) is 0 Å². The third-order valence-corrected chi connectivity index (χ3v) is 2.63. The lowest BCUT2D eigenvalue weighted by molar-refractivity contribution is 1.28. The van der Waals surface area contributed by atoms with Crippen LogP contribution in [0, 0.1) is 0 Å². The van der Waals surface area contributed by atoms with E-state index in [0.717, 1.165) is 21.6 Å². The largest absolute Gasteiger partial charge is 0.323 e. The number of halogens is 1. The average molecular weight is 257 g/mol. The second-order valence-corrected chi connectivity index (χ2v) is 4.10. The van der Waals surface area contributed by atoms with E-state index in [4.69, 9.17) is 0 Å². The predicted molar refractivity (Wildman–Crippen MR) is 55.9 cm³/mol. The van der Waals surface area contributed by atoms with Gasteiger partial charge in [0, 0.05) is 21.6 Å². The Hall–Kier alpha value is -0.940. The molecule has 0 atom stereocenters. The molecule has 0 aliphatic carbocycles. The van der Waals surface area contributed by atoms with Crippen LogP contribution in [0.15, 0.2) is 33.5 Å². The van der Waals surface area contributed by atoms with Gasteiger partial charge in [-0.3, -0.25) is 9.78 Å². The lowest BCUT2D eigenvalue weighted by atomic mass is 10.2. The van der Waals surface area contributed by atoms with Gasteiger partial charge >= 0.3 is 4.87 Å². The molecule has 2 rings (SSSR count). The first-order valence-corrected chi connectivity index (χ1v) is 5.14. The summed E-state index contributed by atoms with van der Waals surface area (Å²) in [6.07, 6.45) is 0. The minimum absolute atomic E-state index is 0.127. The lowest BCUT2D eigenvalue weighted by Gasteiger charge is -1.94. The molecule has 0 amide bonds. The first-order chi connectivity index (χ1) is 6.25. The van der Waals surface area contributed by atoms with Crippen molar-refractivity contribution < 1.29 is 0 Å². The Balaban J connectivity index is 2.47. The molecule has 0 spiro atoms. The standard InChI is InChI=1S/C8H5BrN2OS/c9-6-3-1-5(2-4-6)7-10-8(12)13-11-7/h1-4H,(H,10,11,12). The Bertz CT molecular complexity index is 459. The minimum atomic E-state index is -0.127. The average Bonchev–Trinajstić information content (AvgIpc) is 2.53. The van der Waals surface area contributed by atoms with E-state index >= 15 is 0 Å². The summed E-state index contributed by atoms with van der Waals surface area (Å²) < 4.78 is 4.98. The summed E-state index contributed by atoms with van der Waals surface area (Å²) in [5.74, 6) is 0.627. The van der Waals surface area contributed by atoms with Crippen LogP contribution in [0.25, 0.3) is 11.4 Å². The molecule has 5 heteroatoms. The van der Waals surface area contributed by atoms with Crippen LogP contribution in [0.4, 0.5) is 0 Å². The molecule has 0 bridgehead atoms. The highest BCUT2D eigenvalue weighted by molar-refractivity contribution is 9.10. The summed E-state index contributed by atoms with van der Waals surface area (Å²) in [5.41, 5.74) is 0.918. The van der Waals surface area contributed by atoms with E-state index in [1.807, 2.05) is 24.3 Å². The summed E-state index contributed by atoms with van der Waals surface area (Å²) in [6, 6.07) is 7.62. The quantitative estimate of drug-likeness (QED) is 0.851. The fourth-order valence-electron chi connectivity index (χ4n) is 0.962. The van der Waals surface area contributed by atoms with Gasteiger partial charge in [0.15, 0.2) is 5.82 Å². The molecule has 1 aromatic carbocycles. The third-order valence-electron chi connectivity index (χ3n) is 1.56. The van der Waals surface area contributed by atoms with Crippen LogP contribution in [-0.4, -0.2) is 9.36 Å². The van der Waals surface area contributed by atoms with E-state index in [9.17, 15) is 4.79 Å². The first-order valence-electron chi connectivity index (χ1n) is 3.57. The van der Waals surface area contributed by atoms with E-state index in [1.165, 1.54) is 0 Å². The highest BCUT2D eigenvalue weighted by atomic mass is 79.9. The van der Waals surface area contributed by atoms with Crippen molar-refractivity contribution in [1.82, 2.24) is 9.36 Å². The molecular formula is C8H5BrN2OS. The van der Waals surface area contributed by atoms with Gasteiger partial charge in [0.1, 0.15) is 0 Å². The highest BCUT2D eigenvalue weighted by Gasteiger charge is 2.01. The Morgan fingerprint density at radius 3 is 2.54 bits per heavy atom. The molecule has 0 saturated carbocycles. The number of hydrogen-bond donors (Lipinski definition) is 1. The molecular weight excluding hydrogens is 252 g/mol. The number of hydrogen-bond acceptors (Lipinski definition) is 3. The van der Waals surface area contributed by atoms with Crippen molar-refractivity contribution in [3.8, 4) is 11.4 Å². The van der Waals surface area contributed by atoms with Crippen LogP contribution in [-0.2, 0) is 0 Å². The normalized spacial score (nSPS) is 10.2. The molecule has 0 fully saturated rings. The summed E-state index contributed by atoms with van der Waals surface area (Å²) >= 11 is 4.26. The number of benzene rings is 1. The van der Waals surface area contributed by atoms with E-state index in [-0.39, 0.29) is 4.87 Å². The number of rotatable bonds is 1. The summed E-state index contributed by atoms with van der Waals surface area (Å²) in [6.45, 7) is 0. The van der Waals surface area contributed by atoms with Crippen LogP contribution in [0.3, 0.4) is 0 Å².